The van der Waals surface area contributed by atoms with E-state index in [1.54, 1.807) is 12.4 Å². The van der Waals surface area contributed by atoms with Crippen molar-refractivity contribution in [2.75, 3.05) is 5.73 Å². The predicted molar refractivity (Wildman–Crippen MR) is 73.7 cm³/mol. The molecule has 0 amide bonds. The SMILES string of the molecule is Nc1ccc2[nH]nc(C=Cc3cccnc3)c2c1. The number of nitrogens with two attached hydrogens (primary N) is 1. The lowest BCUT2D eigenvalue weighted by Gasteiger charge is -1.93. The van der Waals surface area contributed by atoms with Crippen LogP contribution in [0.25, 0.3) is 23.1 Å². The minimum absolute atomic E-state index is 0.736. The molecule has 4 nitrogen and oxygen atoms in total. The molecule has 3 rings (SSSR count). The van der Waals surface area contributed by atoms with Gasteiger partial charge in [-0.3, -0.25) is 10.1 Å². The number of nitrogens with zero attached hydrogens (tertiary/aromatic N) is 2. The second-order valence-electron chi connectivity index (χ2n) is 4.03. The van der Waals surface area contributed by atoms with Gasteiger partial charge in [0.2, 0.25) is 0 Å². The van der Waals surface area contributed by atoms with Crippen molar-refractivity contribution in [2.45, 2.75) is 0 Å². The monoisotopic (exact) mass is 236 g/mol. The highest BCUT2D eigenvalue weighted by Crippen LogP contribution is 2.20. The van der Waals surface area contributed by atoms with Crippen LogP contribution >= 0.6 is 0 Å². The summed E-state index contributed by atoms with van der Waals surface area (Å²) in [6.45, 7) is 0. The van der Waals surface area contributed by atoms with E-state index in [0.717, 1.165) is 27.8 Å². The average molecular weight is 236 g/mol. The number of benzene rings is 1. The van der Waals surface area contributed by atoms with Crippen LogP contribution in [0.3, 0.4) is 0 Å². The van der Waals surface area contributed by atoms with Crippen LogP contribution < -0.4 is 5.73 Å². The Hall–Kier alpha value is -2.62. The van der Waals surface area contributed by atoms with Gasteiger partial charge in [0.1, 0.15) is 0 Å². The molecule has 0 aliphatic rings. The first-order valence-electron chi connectivity index (χ1n) is 5.65. The molecular formula is C14H12N4. The van der Waals surface area contributed by atoms with E-state index in [2.05, 4.69) is 15.2 Å². The highest BCUT2D eigenvalue weighted by Gasteiger charge is 2.02. The minimum Gasteiger partial charge on any atom is -0.399 e. The largest absolute Gasteiger partial charge is 0.399 e. The van der Waals surface area contributed by atoms with Gasteiger partial charge in [-0.05, 0) is 35.9 Å². The Morgan fingerprint density at radius 3 is 2.94 bits per heavy atom. The molecule has 0 radical (unpaired) electrons. The fourth-order valence-corrected chi connectivity index (χ4v) is 1.83. The number of pyridine rings is 1. The normalized spacial score (nSPS) is 11.3. The van der Waals surface area contributed by atoms with Crippen molar-refractivity contribution in [3.8, 4) is 0 Å². The summed E-state index contributed by atoms with van der Waals surface area (Å²) in [4.78, 5) is 4.06. The molecule has 0 spiro atoms. The second-order valence-corrected chi connectivity index (χ2v) is 4.03. The zero-order valence-corrected chi connectivity index (χ0v) is 9.67. The lowest BCUT2D eigenvalue weighted by Crippen LogP contribution is -1.82. The highest BCUT2D eigenvalue weighted by molar-refractivity contribution is 5.91. The number of aromatic nitrogens is 3. The number of fused-ring (bicyclic) bond motifs is 1. The van der Waals surface area contributed by atoms with Crippen molar-refractivity contribution < 1.29 is 0 Å². The maximum atomic E-state index is 5.78. The van der Waals surface area contributed by atoms with E-state index in [-0.39, 0.29) is 0 Å². The molecule has 18 heavy (non-hydrogen) atoms. The van der Waals surface area contributed by atoms with Gasteiger partial charge < -0.3 is 5.73 Å². The van der Waals surface area contributed by atoms with Gasteiger partial charge in [-0.25, -0.2) is 0 Å². The van der Waals surface area contributed by atoms with E-state index in [9.17, 15) is 0 Å². The van der Waals surface area contributed by atoms with Crippen molar-refractivity contribution in [3.05, 3.63) is 54.0 Å². The Morgan fingerprint density at radius 1 is 1.17 bits per heavy atom. The van der Waals surface area contributed by atoms with E-state index in [1.165, 1.54) is 0 Å². The van der Waals surface area contributed by atoms with Crippen LogP contribution in [-0.2, 0) is 0 Å². The molecule has 2 aromatic heterocycles. The Labute approximate surface area is 104 Å². The van der Waals surface area contributed by atoms with E-state index >= 15 is 0 Å². The number of anilines is 1. The molecular weight excluding hydrogens is 224 g/mol. The lowest BCUT2D eigenvalue weighted by molar-refractivity contribution is 1.11. The first kappa shape index (κ1) is 10.5. The van der Waals surface area contributed by atoms with Gasteiger partial charge in [-0.1, -0.05) is 12.1 Å². The van der Waals surface area contributed by atoms with Gasteiger partial charge in [-0.2, -0.15) is 5.10 Å². The third kappa shape index (κ3) is 1.96. The molecule has 3 N–H and O–H groups in total. The third-order valence-electron chi connectivity index (χ3n) is 2.73. The van der Waals surface area contributed by atoms with Crippen LogP contribution in [0, 0.1) is 0 Å². The van der Waals surface area contributed by atoms with E-state index in [1.807, 2.05) is 42.5 Å². The third-order valence-corrected chi connectivity index (χ3v) is 2.73. The number of rotatable bonds is 2. The first-order chi connectivity index (χ1) is 8.83. The molecule has 0 bridgehead atoms. The fourth-order valence-electron chi connectivity index (χ4n) is 1.83. The first-order valence-corrected chi connectivity index (χ1v) is 5.65. The molecule has 1 aromatic carbocycles. The van der Waals surface area contributed by atoms with E-state index < -0.39 is 0 Å². The van der Waals surface area contributed by atoms with Gasteiger partial charge in [0, 0.05) is 23.5 Å². The van der Waals surface area contributed by atoms with Gasteiger partial charge >= 0.3 is 0 Å². The molecule has 0 unspecified atom stereocenters. The average Bonchev–Trinajstić information content (AvgIpc) is 2.80. The van der Waals surface area contributed by atoms with Crippen LogP contribution in [0.4, 0.5) is 5.69 Å². The molecule has 88 valence electrons. The van der Waals surface area contributed by atoms with Crippen molar-refractivity contribution in [1.29, 1.82) is 0 Å². The van der Waals surface area contributed by atoms with Gasteiger partial charge in [0.15, 0.2) is 0 Å². The van der Waals surface area contributed by atoms with Crippen molar-refractivity contribution in [1.82, 2.24) is 15.2 Å². The Bertz CT molecular complexity index is 698. The van der Waals surface area contributed by atoms with Gasteiger partial charge in [0.25, 0.3) is 0 Å². The van der Waals surface area contributed by atoms with E-state index in [4.69, 9.17) is 5.73 Å². The zero-order chi connectivity index (χ0) is 12.4. The molecule has 0 aliphatic carbocycles. The maximum Gasteiger partial charge on any atom is 0.0928 e. The van der Waals surface area contributed by atoms with Crippen LogP contribution in [-0.4, -0.2) is 15.2 Å². The minimum atomic E-state index is 0.736. The smallest absolute Gasteiger partial charge is 0.0928 e. The van der Waals surface area contributed by atoms with Crippen LogP contribution in [0.15, 0.2) is 42.7 Å². The van der Waals surface area contributed by atoms with Crippen molar-refractivity contribution >= 4 is 28.7 Å². The summed E-state index contributed by atoms with van der Waals surface area (Å²) in [7, 11) is 0. The van der Waals surface area contributed by atoms with Gasteiger partial charge in [0.05, 0.1) is 11.2 Å². The summed E-state index contributed by atoms with van der Waals surface area (Å²) in [6.07, 6.45) is 7.49. The standard InChI is InChI=1S/C14H12N4/c15-11-4-6-14-12(8-11)13(17-18-14)5-3-10-2-1-7-16-9-10/h1-9H,15H2,(H,17,18). The highest BCUT2D eigenvalue weighted by atomic mass is 15.1. The quantitative estimate of drug-likeness (QED) is 0.672. The number of hydrogen-bond donors (Lipinski definition) is 2. The van der Waals surface area contributed by atoms with Crippen LogP contribution in [0.5, 0.6) is 0 Å². The predicted octanol–water partition coefficient (Wildman–Crippen LogP) is 2.71. The number of H-pyrrole nitrogens is 1. The fraction of sp³-hybridized carbons (Fsp3) is 0. The Kier molecular flexibility index (Phi) is 2.53. The maximum absolute atomic E-state index is 5.78. The Morgan fingerprint density at radius 2 is 2.11 bits per heavy atom. The molecule has 0 atom stereocenters. The number of hydrogen-bond acceptors (Lipinski definition) is 3. The molecule has 0 aliphatic heterocycles. The van der Waals surface area contributed by atoms with Crippen LogP contribution in [0.1, 0.15) is 11.3 Å². The molecule has 0 saturated carbocycles. The second kappa shape index (κ2) is 4.33. The van der Waals surface area contributed by atoms with Crippen LogP contribution in [0.2, 0.25) is 0 Å². The summed E-state index contributed by atoms with van der Waals surface area (Å²) in [5.41, 5.74) is 9.42. The lowest BCUT2D eigenvalue weighted by atomic mass is 10.1. The van der Waals surface area contributed by atoms with Crippen molar-refractivity contribution in [3.63, 3.8) is 0 Å². The summed E-state index contributed by atoms with van der Waals surface area (Å²) in [5, 5.41) is 8.27. The number of aromatic amines is 1. The summed E-state index contributed by atoms with van der Waals surface area (Å²) < 4.78 is 0. The summed E-state index contributed by atoms with van der Waals surface area (Å²) >= 11 is 0. The van der Waals surface area contributed by atoms with Crippen molar-refractivity contribution in [2.24, 2.45) is 0 Å². The van der Waals surface area contributed by atoms with E-state index in [0.29, 0.717) is 0 Å². The number of nitrogen functional groups attached to an aromatic ring is 1. The molecule has 2 heterocycles. The summed E-state index contributed by atoms with van der Waals surface area (Å²) in [5.74, 6) is 0. The molecule has 4 heteroatoms. The molecule has 0 saturated heterocycles. The molecule has 3 aromatic rings. The zero-order valence-electron chi connectivity index (χ0n) is 9.67. The number of nitrogens with one attached hydrogen (secondary N) is 1. The molecule has 0 fully saturated rings. The Balaban J connectivity index is 2.00. The topological polar surface area (TPSA) is 67.6 Å². The van der Waals surface area contributed by atoms with Gasteiger partial charge in [-0.15, -0.1) is 0 Å². The summed E-state index contributed by atoms with van der Waals surface area (Å²) in [6, 6.07) is 9.60.